The summed E-state index contributed by atoms with van der Waals surface area (Å²) in [5.41, 5.74) is 0. The van der Waals surface area contributed by atoms with Crippen molar-refractivity contribution in [2.24, 2.45) is 0 Å². The highest BCUT2D eigenvalue weighted by Crippen LogP contribution is 2.09. The van der Waals surface area contributed by atoms with Crippen molar-refractivity contribution < 1.29 is 5.11 Å². The van der Waals surface area contributed by atoms with Crippen LogP contribution in [0, 0.1) is 0 Å². The summed E-state index contributed by atoms with van der Waals surface area (Å²) in [6, 6.07) is 0. The molecule has 0 aliphatic rings. The predicted octanol–water partition coefficient (Wildman–Crippen LogP) is 2.95. The molecule has 0 radical (unpaired) electrons. The van der Waals surface area contributed by atoms with Gasteiger partial charge in [-0.25, -0.2) is 0 Å². The van der Waals surface area contributed by atoms with Crippen LogP contribution >= 0.6 is 11.6 Å². The van der Waals surface area contributed by atoms with Crippen LogP contribution in [-0.4, -0.2) is 17.1 Å². The molecule has 2 heteroatoms. The van der Waals surface area contributed by atoms with Crippen molar-refractivity contribution in [2.75, 3.05) is 6.61 Å². The maximum absolute atomic E-state index is 8.49. The molecular formula is C9H19ClO. The Kier molecular flexibility index (Phi) is 8.54. The van der Waals surface area contributed by atoms with Crippen LogP contribution in [0.15, 0.2) is 0 Å². The van der Waals surface area contributed by atoms with Gasteiger partial charge in [0.25, 0.3) is 0 Å². The van der Waals surface area contributed by atoms with E-state index in [4.69, 9.17) is 16.7 Å². The molecular weight excluding hydrogens is 160 g/mol. The van der Waals surface area contributed by atoms with E-state index in [0.29, 0.717) is 12.0 Å². The molecule has 0 aromatic carbocycles. The molecule has 0 fully saturated rings. The summed E-state index contributed by atoms with van der Waals surface area (Å²) in [6.45, 7) is 2.38. The van der Waals surface area contributed by atoms with Crippen molar-refractivity contribution in [2.45, 2.75) is 50.8 Å². The maximum Gasteiger partial charge on any atom is 0.0431 e. The number of hydrogen-bond donors (Lipinski definition) is 1. The summed E-state index contributed by atoms with van der Waals surface area (Å²) in [6.07, 6.45) is 6.97. The number of rotatable bonds is 7. The molecule has 0 saturated heterocycles. The number of hydrogen-bond acceptors (Lipinski definition) is 1. The second-order valence-electron chi connectivity index (χ2n) is 3.06. The number of unbranched alkanes of at least 4 members (excludes halogenated alkanes) is 4. The summed E-state index contributed by atoms with van der Waals surface area (Å²) in [5.74, 6) is 0. The van der Waals surface area contributed by atoms with Crippen LogP contribution in [0.2, 0.25) is 0 Å². The number of aliphatic hydroxyl groups excluding tert-OH is 1. The van der Waals surface area contributed by atoms with Crippen molar-refractivity contribution >= 4 is 11.6 Å². The molecule has 0 saturated carbocycles. The first-order valence-corrected chi connectivity index (χ1v) is 4.96. The molecule has 68 valence electrons. The smallest absolute Gasteiger partial charge is 0.0431 e. The highest BCUT2D eigenvalue weighted by molar-refractivity contribution is 6.20. The van der Waals surface area contributed by atoms with E-state index in [-0.39, 0.29) is 0 Å². The molecule has 0 bridgehead atoms. The van der Waals surface area contributed by atoms with E-state index in [1.165, 1.54) is 19.3 Å². The molecule has 1 atom stereocenters. The summed E-state index contributed by atoms with van der Waals surface area (Å²) in [4.78, 5) is 0. The van der Waals surface area contributed by atoms with Gasteiger partial charge in [-0.1, -0.05) is 25.7 Å². The van der Waals surface area contributed by atoms with Gasteiger partial charge in [0.05, 0.1) is 0 Å². The first-order chi connectivity index (χ1) is 5.27. The molecule has 0 unspecified atom stereocenters. The normalized spacial score (nSPS) is 13.4. The van der Waals surface area contributed by atoms with E-state index >= 15 is 0 Å². The molecule has 0 aromatic rings. The Labute approximate surface area is 74.8 Å². The van der Waals surface area contributed by atoms with Crippen molar-refractivity contribution in [3.8, 4) is 0 Å². The van der Waals surface area contributed by atoms with Crippen LogP contribution in [0.1, 0.15) is 45.4 Å². The summed E-state index contributed by atoms with van der Waals surface area (Å²) < 4.78 is 0. The zero-order valence-corrected chi connectivity index (χ0v) is 8.11. The average molecular weight is 179 g/mol. The fourth-order valence-electron chi connectivity index (χ4n) is 1.07. The summed E-state index contributed by atoms with van der Waals surface area (Å²) >= 11 is 5.78. The third kappa shape index (κ3) is 10.2. The lowest BCUT2D eigenvalue weighted by atomic mass is 10.1. The molecule has 0 aliphatic carbocycles. The van der Waals surface area contributed by atoms with Crippen LogP contribution in [-0.2, 0) is 0 Å². The fourth-order valence-corrected chi connectivity index (χ4v) is 1.22. The molecule has 0 aliphatic heterocycles. The monoisotopic (exact) mass is 178 g/mol. The quantitative estimate of drug-likeness (QED) is 0.470. The zero-order chi connectivity index (χ0) is 8.53. The predicted molar refractivity (Wildman–Crippen MR) is 50.1 cm³/mol. The molecule has 0 spiro atoms. The first-order valence-electron chi connectivity index (χ1n) is 4.52. The zero-order valence-electron chi connectivity index (χ0n) is 7.35. The number of alkyl halides is 1. The van der Waals surface area contributed by atoms with Gasteiger partial charge in [-0.15, -0.1) is 11.6 Å². The SMILES string of the molecule is C[C@H](Cl)CCCCCCCO. The largest absolute Gasteiger partial charge is 0.396 e. The van der Waals surface area contributed by atoms with Gasteiger partial charge >= 0.3 is 0 Å². The van der Waals surface area contributed by atoms with Gasteiger partial charge in [0.1, 0.15) is 0 Å². The molecule has 1 nitrogen and oxygen atoms in total. The highest BCUT2D eigenvalue weighted by atomic mass is 35.5. The van der Waals surface area contributed by atoms with Gasteiger partial charge in [-0.05, 0) is 19.8 Å². The minimum absolute atomic E-state index is 0.327. The van der Waals surface area contributed by atoms with E-state index in [1.54, 1.807) is 0 Å². The summed E-state index contributed by atoms with van der Waals surface area (Å²) in [5, 5.41) is 8.82. The van der Waals surface area contributed by atoms with E-state index in [2.05, 4.69) is 0 Å². The molecule has 0 amide bonds. The van der Waals surface area contributed by atoms with E-state index in [9.17, 15) is 0 Å². The van der Waals surface area contributed by atoms with Crippen LogP contribution in [0.5, 0.6) is 0 Å². The van der Waals surface area contributed by atoms with Gasteiger partial charge in [0.15, 0.2) is 0 Å². The first kappa shape index (κ1) is 11.2. The van der Waals surface area contributed by atoms with Crippen LogP contribution < -0.4 is 0 Å². The molecule has 1 N–H and O–H groups in total. The van der Waals surface area contributed by atoms with Gasteiger partial charge in [0, 0.05) is 12.0 Å². The Morgan fingerprint density at radius 3 is 2.18 bits per heavy atom. The lowest BCUT2D eigenvalue weighted by Gasteiger charge is -2.01. The highest BCUT2D eigenvalue weighted by Gasteiger charge is 1.95. The minimum Gasteiger partial charge on any atom is -0.396 e. The molecule has 0 rings (SSSR count). The van der Waals surface area contributed by atoms with Crippen molar-refractivity contribution in [3.05, 3.63) is 0 Å². The summed E-state index contributed by atoms with van der Waals surface area (Å²) in [7, 11) is 0. The second kappa shape index (κ2) is 8.35. The lowest BCUT2D eigenvalue weighted by molar-refractivity contribution is 0.282. The Morgan fingerprint density at radius 2 is 1.64 bits per heavy atom. The lowest BCUT2D eigenvalue weighted by Crippen LogP contribution is -1.90. The van der Waals surface area contributed by atoms with Gasteiger partial charge in [0.2, 0.25) is 0 Å². The standard InChI is InChI=1S/C9H19ClO/c1-9(10)7-5-3-2-4-6-8-11/h9,11H,2-8H2,1H3/t9-/m0/s1. The number of halogens is 1. The second-order valence-corrected chi connectivity index (χ2v) is 3.81. The van der Waals surface area contributed by atoms with Crippen LogP contribution in [0.3, 0.4) is 0 Å². The minimum atomic E-state index is 0.327. The Morgan fingerprint density at radius 1 is 1.09 bits per heavy atom. The van der Waals surface area contributed by atoms with Crippen molar-refractivity contribution in [1.29, 1.82) is 0 Å². The molecule has 0 aromatic heterocycles. The third-order valence-electron chi connectivity index (χ3n) is 1.76. The Hall–Kier alpha value is 0.250. The average Bonchev–Trinajstić information content (AvgIpc) is 1.96. The van der Waals surface area contributed by atoms with E-state index in [0.717, 1.165) is 19.3 Å². The van der Waals surface area contributed by atoms with Crippen LogP contribution in [0.4, 0.5) is 0 Å². The topological polar surface area (TPSA) is 20.2 Å². The van der Waals surface area contributed by atoms with Gasteiger partial charge in [-0.3, -0.25) is 0 Å². The fraction of sp³-hybridized carbons (Fsp3) is 1.00. The van der Waals surface area contributed by atoms with Crippen molar-refractivity contribution in [1.82, 2.24) is 0 Å². The molecule has 11 heavy (non-hydrogen) atoms. The van der Waals surface area contributed by atoms with E-state index < -0.39 is 0 Å². The van der Waals surface area contributed by atoms with Gasteiger partial charge in [-0.2, -0.15) is 0 Å². The maximum atomic E-state index is 8.49. The third-order valence-corrected chi connectivity index (χ3v) is 1.98. The van der Waals surface area contributed by atoms with Gasteiger partial charge < -0.3 is 5.11 Å². The Bertz CT molecular complexity index is 74.0. The van der Waals surface area contributed by atoms with Crippen molar-refractivity contribution in [3.63, 3.8) is 0 Å². The van der Waals surface area contributed by atoms with Crippen LogP contribution in [0.25, 0.3) is 0 Å². The number of aliphatic hydroxyl groups is 1. The van der Waals surface area contributed by atoms with E-state index in [1.807, 2.05) is 6.92 Å². The molecule has 0 heterocycles. The Balaban J connectivity index is 2.80.